The van der Waals surface area contributed by atoms with Crippen molar-refractivity contribution in [2.75, 3.05) is 0 Å². The van der Waals surface area contributed by atoms with Crippen molar-refractivity contribution in [2.45, 2.75) is 16.7 Å². The average molecular weight is 342 g/mol. The van der Waals surface area contributed by atoms with Crippen LogP contribution < -0.4 is 0 Å². The average Bonchev–Trinajstić information content (AvgIpc) is 2.34. The third-order valence-corrected chi connectivity index (χ3v) is 4.91. The third kappa shape index (κ3) is 3.16. The highest BCUT2D eigenvalue weighted by Gasteiger charge is 2.08. The van der Waals surface area contributed by atoms with Crippen LogP contribution >= 0.6 is 39.3 Å². The lowest BCUT2D eigenvalue weighted by Gasteiger charge is -2.07. The van der Waals surface area contributed by atoms with Gasteiger partial charge in [-0.05, 0) is 47.1 Å². The van der Waals surface area contributed by atoms with E-state index in [1.54, 1.807) is 18.7 Å². The highest BCUT2D eigenvalue weighted by Crippen LogP contribution is 2.37. The largest absolute Gasteiger partial charge is 0.295 e. The Labute approximate surface area is 124 Å². The highest BCUT2D eigenvalue weighted by molar-refractivity contribution is 9.10. The van der Waals surface area contributed by atoms with Gasteiger partial charge in [-0.25, -0.2) is 0 Å². The standard InChI is InChI=1S/C14H10BrClOS/c1-9(17)10-6-7-13(11(15)8-10)18-14-5-3-2-4-12(14)16/h2-8H,1H3. The number of rotatable bonds is 3. The Morgan fingerprint density at radius 2 is 1.89 bits per heavy atom. The molecule has 0 amide bonds. The van der Waals surface area contributed by atoms with Gasteiger partial charge < -0.3 is 0 Å². The summed E-state index contributed by atoms with van der Waals surface area (Å²) >= 11 is 11.2. The molecule has 0 fully saturated rings. The smallest absolute Gasteiger partial charge is 0.159 e. The molecular weight excluding hydrogens is 332 g/mol. The quantitative estimate of drug-likeness (QED) is 0.690. The highest BCUT2D eigenvalue weighted by atomic mass is 79.9. The van der Waals surface area contributed by atoms with Crippen LogP contribution in [0.1, 0.15) is 17.3 Å². The van der Waals surface area contributed by atoms with Gasteiger partial charge >= 0.3 is 0 Å². The number of ketones is 1. The van der Waals surface area contributed by atoms with Crippen molar-refractivity contribution in [3.8, 4) is 0 Å². The summed E-state index contributed by atoms with van der Waals surface area (Å²) in [7, 11) is 0. The number of carbonyl (C=O) groups is 1. The molecule has 0 saturated heterocycles. The summed E-state index contributed by atoms with van der Waals surface area (Å²) in [4.78, 5) is 13.3. The van der Waals surface area contributed by atoms with Crippen molar-refractivity contribution in [1.82, 2.24) is 0 Å². The van der Waals surface area contributed by atoms with Crippen molar-refractivity contribution in [3.05, 3.63) is 57.5 Å². The Bertz CT molecular complexity index is 598. The monoisotopic (exact) mass is 340 g/mol. The van der Waals surface area contributed by atoms with Crippen molar-refractivity contribution >= 4 is 45.1 Å². The number of hydrogen-bond acceptors (Lipinski definition) is 2. The number of benzene rings is 2. The third-order valence-electron chi connectivity index (χ3n) is 2.39. The molecule has 0 saturated carbocycles. The topological polar surface area (TPSA) is 17.1 Å². The van der Waals surface area contributed by atoms with E-state index < -0.39 is 0 Å². The molecule has 1 nitrogen and oxygen atoms in total. The first-order valence-electron chi connectivity index (χ1n) is 5.31. The number of carbonyl (C=O) groups excluding carboxylic acids is 1. The van der Waals surface area contributed by atoms with Gasteiger partial charge in [0.1, 0.15) is 0 Å². The van der Waals surface area contributed by atoms with Crippen molar-refractivity contribution in [2.24, 2.45) is 0 Å². The molecule has 0 aliphatic rings. The molecule has 0 unspecified atom stereocenters. The first-order chi connectivity index (χ1) is 8.58. The molecule has 0 spiro atoms. The number of Topliss-reactive ketones (excluding diaryl/α,β-unsaturated/α-hetero) is 1. The molecule has 0 aliphatic heterocycles. The van der Waals surface area contributed by atoms with E-state index in [9.17, 15) is 4.79 Å². The molecule has 0 heterocycles. The Kier molecular flexibility index (Phi) is 4.49. The molecule has 2 aromatic carbocycles. The number of halogens is 2. The van der Waals surface area contributed by atoms with Gasteiger partial charge in [-0.3, -0.25) is 4.79 Å². The molecule has 0 aromatic heterocycles. The lowest BCUT2D eigenvalue weighted by molar-refractivity contribution is 0.101. The Balaban J connectivity index is 2.30. The van der Waals surface area contributed by atoms with Gasteiger partial charge in [-0.1, -0.05) is 41.6 Å². The summed E-state index contributed by atoms with van der Waals surface area (Å²) in [5, 5.41) is 0.727. The van der Waals surface area contributed by atoms with E-state index in [-0.39, 0.29) is 5.78 Å². The molecule has 2 rings (SSSR count). The fourth-order valence-electron chi connectivity index (χ4n) is 1.45. The van der Waals surface area contributed by atoms with Crippen molar-refractivity contribution in [3.63, 3.8) is 0 Å². The summed E-state index contributed by atoms with van der Waals surface area (Å²) in [5.74, 6) is 0.0602. The van der Waals surface area contributed by atoms with Crippen LogP contribution in [0.5, 0.6) is 0 Å². The van der Waals surface area contributed by atoms with Gasteiger partial charge in [-0.15, -0.1) is 0 Å². The van der Waals surface area contributed by atoms with Crippen molar-refractivity contribution < 1.29 is 4.79 Å². The zero-order chi connectivity index (χ0) is 13.1. The lowest BCUT2D eigenvalue weighted by atomic mass is 10.2. The summed E-state index contributed by atoms with van der Waals surface area (Å²) in [6.07, 6.45) is 0. The van der Waals surface area contributed by atoms with Crippen LogP contribution in [0.25, 0.3) is 0 Å². The van der Waals surface area contributed by atoms with Gasteiger partial charge in [0.2, 0.25) is 0 Å². The predicted octanol–water partition coefficient (Wildman–Crippen LogP) is 5.46. The molecule has 0 N–H and O–H groups in total. The fraction of sp³-hybridized carbons (Fsp3) is 0.0714. The summed E-state index contributed by atoms with van der Waals surface area (Å²) in [6.45, 7) is 1.56. The minimum atomic E-state index is 0.0602. The van der Waals surface area contributed by atoms with E-state index in [0.717, 1.165) is 19.3 Å². The van der Waals surface area contributed by atoms with Crippen LogP contribution in [0, 0.1) is 0 Å². The number of hydrogen-bond donors (Lipinski definition) is 0. The second kappa shape index (κ2) is 5.91. The van der Waals surface area contributed by atoms with Crippen LogP contribution in [0.2, 0.25) is 5.02 Å². The van der Waals surface area contributed by atoms with E-state index in [2.05, 4.69) is 15.9 Å². The van der Waals surface area contributed by atoms with E-state index in [1.807, 2.05) is 42.5 Å². The van der Waals surface area contributed by atoms with Gasteiger partial charge in [0, 0.05) is 19.8 Å². The van der Waals surface area contributed by atoms with Crippen LogP contribution in [0.4, 0.5) is 0 Å². The summed E-state index contributed by atoms with van der Waals surface area (Å²) in [5.41, 5.74) is 0.699. The summed E-state index contributed by atoms with van der Waals surface area (Å²) < 4.78 is 0.903. The van der Waals surface area contributed by atoms with E-state index in [1.165, 1.54) is 0 Å². The second-order valence-corrected chi connectivity index (χ2v) is 6.08. The maximum Gasteiger partial charge on any atom is 0.159 e. The maximum absolute atomic E-state index is 11.3. The van der Waals surface area contributed by atoms with Gasteiger partial charge in [-0.2, -0.15) is 0 Å². The minimum absolute atomic E-state index is 0.0602. The molecule has 18 heavy (non-hydrogen) atoms. The zero-order valence-electron chi connectivity index (χ0n) is 9.61. The second-order valence-electron chi connectivity index (χ2n) is 3.73. The van der Waals surface area contributed by atoms with Gasteiger partial charge in [0.05, 0.1) is 5.02 Å². The van der Waals surface area contributed by atoms with Gasteiger partial charge in [0.15, 0.2) is 5.78 Å². The maximum atomic E-state index is 11.3. The van der Waals surface area contributed by atoms with Crippen LogP contribution in [-0.2, 0) is 0 Å². The molecule has 2 aromatic rings. The normalized spacial score (nSPS) is 10.4. The predicted molar refractivity (Wildman–Crippen MR) is 79.7 cm³/mol. The molecule has 0 radical (unpaired) electrons. The first-order valence-corrected chi connectivity index (χ1v) is 7.29. The van der Waals surface area contributed by atoms with E-state index in [4.69, 9.17) is 11.6 Å². The fourth-order valence-corrected chi connectivity index (χ4v) is 3.16. The van der Waals surface area contributed by atoms with Crippen molar-refractivity contribution in [1.29, 1.82) is 0 Å². The molecular formula is C14H10BrClOS. The van der Waals surface area contributed by atoms with E-state index in [0.29, 0.717) is 5.56 Å². The molecule has 4 heteroatoms. The Hall–Kier alpha value is -0.770. The molecule has 0 bridgehead atoms. The Morgan fingerprint density at radius 1 is 1.17 bits per heavy atom. The van der Waals surface area contributed by atoms with Crippen LogP contribution in [0.15, 0.2) is 56.7 Å². The van der Waals surface area contributed by atoms with Crippen LogP contribution in [-0.4, -0.2) is 5.78 Å². The molecule has 92 valence electrons. The molecule has 0 atom stereocenters. The Morgan fingerprint density at radius 3 is 2.50 bits per heavy atom. The summed E-state index contributed by atoms with van der Waals surface area (Å²) in [6, 6.07) is 13.3. The zero-order valence-corrected chi connectivity index (χ0v) is 12.8. The van der Waals surface area contributed by atoms with E-state index >= 15 is 0 Å². The SMILES string of the molecule is CC(=O)c1ccc(Sc2ccccc2Cl)c(Br)c1. The van der Waals surface area contributed by atoms with Crippen LogP contribution in [0.3, 0.4) is 0 Å². The molecule has 0 aliphatic carbocycles. The van der Waals surface area contributed by atoms with Gasteiger partial charge in [0.25, 0.3) is 0 Å². The lowest BCUT2D eigenvalue weighted by Crippen LogP contribution is -1.91. The minimum Gasteiger partial charge on any atom is -0.295 e. The first kappa shape index (κ1) is 13.7.